The Balaban J connectivity index is 1.28. The number of nitrogen functional groups attached to an aromatic ring is 1. The normalized spacial score (nSPS) is 14.1. The number of ether oxygens (including phenoxy) is 1. The standard InChI is InChI=1S/C30H29N3O2/c31-26-14-8-16-28(22-26)35-27-15-7-13-25(21-27)30(34)33-19-17-32(18-20-33)29(23-9-3-1-4-10-23)24-11-5-2-6-12-24/h1-16,21-22,29H,17-20,31H2. The second-order valence-electron chi connectivity index (χ2n) is 8.75. The van der Waals surface area contributed by atoms with E-state index in [2.05, 4.69) is 53.4 Å². The average molecular weight is 464 g/mol. The topological polar surface area (TPSA) is 58.8 Å². The second-order valence-corrected chi connectivity index (χ2v) is 8.75. The van der Waals surface area contributed by atoms with Crippen LogP contribution in [0.3, 0.4) is 0 Å². The zero-order valence-corrected chi connectivity index (χ0v) is 19.6. The molecule has 35 heavy (non-hydrogen) atoms. The number of nitrogens with zero attached hydrogens (tertiary/aromatic N) is 2. The molecule has 0 spiro atoms. The van der Waals surface area contributed by atoms with Gasteiger partial charge >= 0.3 is 0 Å². The fraction of sp³-hybridized carbons (Fsp3) is 0.167. The molecule has 0 atom stereocenters. The molecule has 1 aliphatic rings. The van der Waals surface area contributed by atoms with Gasteiger partial charge in [0.25, 0.3) is 5.91 Å². The number of benzene rings is 4. The highest BCUT2D eigenvalue weighted by Gasteiger charge is 2.28. The lowest BCUT2D eigenvalue weighted by molar-refractivity contribution is 0.0597. The molecule has 0 saturated carbocycles. The molecule has 5 nitrogen and oxygen atoms in total. The number of hydrogen-bond donors (Lipinski definition) is 1. The van der Waals surface area contributed by atoms with E-state index < -0.39 is 0 Å². The SMILES string of the molecule is Nc1cccc(Oc2cccc(C(=O)N3CCN(C(c4ccccc4)c4ccccc4)CC3)c2)c1. The van der Waals surface area contributed by atoms with Crippen molar-refractivity contribution in [1.29, 1.82) is 0 Å². The molecule has 1 heterocycles. The molecule has 0 aliphatic carbocycles. The van der Waals surface area contributed by atoms with Crippen LogP contribution in [0.2, 0.25) is 0 Å². The minimum atomic E-state index is 0.0265. The van der Waals surface area contributed by atoms with Crippen molar-refractivity contribution >= 4 is 11.6 Å². The first-order chi connectivity index (χ1) is 17.2. The summed E-state index contributed by atoms with van der Waals surface area (Å²) < 4.78 is 5.92. The van der Waals surface area contributed by atoms with E-state index in [-0.39, 0.29) is 11.9 Å². The van der Waals surface area contributed by atoms with Crippen LogP contribution in [0, 0.1) is 0 Å². The Morgan fingerprint density at radius 1 is 0.686 bits per heavy atom. The Labute approximate surface area is 206 Å². The summed E-state index contributed by atoms with van der Waals surface area (Å²) >= 11 is 0. The van der Waals surface area contributed by atoms with Gasteiger partial charge in [-0.3, -0.25) is 9.69 Å². The van der Waals surface area contributed by atoms with E-state index in [4.69, 9.17) is 10.5 Å². The van der Waals surface area contributed by atoms with Crippen molar-refractivity contribution in [3.05, 3.63) is 126 Å². The van der Waals surface area contributed by atoms with Crippen LogP contribution in [0.25, 0.3) is 0 Å². The molecule has 1 amide bonds. The highest BCUT2D eigenvalue weighted by molar-refractivity contribution is 5.94. The molecule has 1 saturated heterocycles. The van der Waals surface area contributed by atoms with Crippen molar-refractivity contribution in [2.45, 2.75) is 6.04 Å². The van der Waals surface area contributed by atoms with Gasteiger partial charge in [0.2, 0.25) is 0 Å². The zero-order chi connectivity index (χ0) is 24.0. The summed E-state index contributed by atoms with van der Waals surface area (Å²) in [6, 6.07) is 36.0. The summed E-state index contributed by atoms with van der Waals surface area (Å²) in [6.45, 7) is 2.96. The number of piperazine rings is 1. The van der Waals surface area contributed by atoms with Gasteiger partial charge in [-0.2, -0.15) is 0 Å². The molecule has 0 unspecified atom stereocenters. The summed E-state index contributed by atoms with van der Waals surface area (Å²) in [7, 11) is 0. The van der Waals surface area contributed by atoms with Crippen LogP contribution in [0.5, 0.6) is 11.5 Å². The lowest BCUT2D eigenvalue weighted by Gasteiger charge is -2.39. The van der Waals surface area contributed by atoms with Crippen molar-refractivity contribution in [3.63, 3.8) is 0 Å². The molecule has 1 aliphatic heterocycles. The number of amides is 1. The lowest BCUT2D eigenvalue weighted by atomic mass is 9.96. The van der Waals surface area contributed by atoms with Crippen molar-refractivity contribution in [2.75, 3.05) is 31.9 Å². The second kappa shape index (κ2) is 10.5. The maximum absolute atomic E-state index is 13.3. The van der Waals surface area contributed by atoms with Gasteiger partial charge in [0, 0.05) is 43.5 Å². The first kappa shape index (κ1) is 22.7. The van der Waals surface area contributed by atoms with E-state index in [0.717, 1.165) is 13.1 Å². The number of rotatable bonds is 6. The maximum Gasteiger partial charge on any atom is 0.254 e. The van der Waals surface area contributed by atoms with Gasteiger partial charge in [-0.1, -0.05) is 72.8 Å². The smallest absolute Gasteiger partial charge is 0.254 e. The molecule has 4 aromatic carbocycles. The zero-order valence-electron chi connectivity index (χ0n) is 19.6. The molecule has 5 heteroatoms. The molecule has 4 aromatic rings. The van der Waals surface area contributed by atoms with Crippen molar-refractivity contribution in [1.82, 2.24) is 9.80 Å². The Morgan fingerprint density at radius 2 is 1.26 bits per heavy atom. The first-order valence-electron chi connectivity index (χ1n) is 11.9. The van der Waals surface area contributed by atoms with Crippen LogP contribution in [-0.4, -0.2) is 41.9 Å². The maximum atomic E-state index is 13.3. The van der Waals surface area contributed by atoms with Gasteiger partial charge in [-0.05, 0) is 41.5 Å². The third kappa shape index (κ3) is 5.36. The van der Waals surface area contributed by atoms with Crippen molar-refractivity contribution in [3.8, 4) is 11.5 Å². The molecular weight excluding hydrogens is 434 g/mol. The Kier molecular flexibility index (Phi) is 6.77. The van der Waals surface area contributed by atoms with E-state index in [1.807, 2.05) is 53.4 Å². The molecule has 0 radical (unpaired) electrons. The molecular formula is C30H29N3O2. The van der Waals surface area contributed by atoms with E-state index >= 15 is 0 Å². The van der Waals surface area contributed by atoms with Crippen LogP contribution in [0.15, 0.2) is 109 Å². The van der Waals surface area contributed by atoms with E-state index in [1.54, 1.807) is 12.1 Å². The van der Waals surface area contributed by atoms with Crippen LogP contribution in [0.1, 0.15) is 27.5 Å². The average Bonchev–Trinajstić information content (AvgIpc) is 2.90. The quantitative estimate of drug-likeness (QED) is 0.378. The van der Waals surface area contributed by atoms with E-state index in [9.17, 15) is 4.79 Å². The molecule has 0 aromatic heterocycles. The molecule has 176 valence electrons. The predicted molar refractivity (Wildman–Crippen MR) is 140 cm³/mol. The Hall–Kier alpha value is -4.09. The predicted octanol–water partition coefficient (Wildman–Crippen LogP) is 5.61. The third-order valence-electron chi connectivity index (χ3n) is 6.37. The van der Waals surface area contributed by atoms with Gasteiger partial charge in [-0.25, -0.2) is 0 Å². The first-order valence-corrected chi connectivity index (χ1v) is 11.9. The van der Waals surface area contributed by atoms with Crippen molar-refractivity contribution in [2.24, 2.45) is 0 Å². The minimum absolute atomic E-state index is 0.0265. The van der Waals surface area contributed by atoms with Crippen LogP contribution < -0.4 is 10.5 Å². The number of carbonyl (C=O) groups excluding carboxylic acids is 1. The summed E-state index contributed by atoms with van der Waals surface area (Å²) in [5, 5.41) is 0. The number of carbonyl (C=O) groups is 1. The summed E-state index contributed by atoms with van der Waals surface area (Å²) in [6.07, 6.45) is 0. The van der Waals surface area contributed by atoms with E-state index in [0.29, 0.717) is 35.8 Å². The molecule has 5 rings (SSSR count). The van der Waals surface area contributed by atoms with E-state index in [1.165, 1.54) is 11.1 Å². The highest BCUT2D eigenvalue weighted by Crippen LogP contribution is 2.30. The summed E-state index contributed by atoms with van der Waals surface area (Å²) in [5.74, 6) is 1.29. The minimum Gasteiger partial charge on any atom is -0.457 e. The van der Waals surface area contributed by atoms with Gasteiger partial charge in [0.15, 0.2) is 0 Å². The summed E-state index contributed by atoms with van der Waals surface area (Å²) in [5.41, 5.74) is 9.65. The van der Waals surface area contributed by atoms with Crippen LogP contribution in [0.4, 0.5) is 5.69 Å². The molecule has 0 bridgehead atoms. The fourth-order valence-corrected chi connectivity index (χ4v) is 4.66. The lowest BCUT2D eigenvalue weighted by Crippen LogP contribution is -2.49. The summed E-state index contributed by atoms with van der Waals surface area (Å²) in [4.78, 5) is 17.7. The van der Waals surface area contributed by atoms with Crippen LogP contribution >= 0.6 is 0 Å². The molecule has 2 N–H and O–H groups in total. The number of hydrogen-bond acceptors (Lipinski definition) is 4. The largest absolute Gasteiger partial charge is 0.457 e. The van der Waals surface area contributed by atoms with Gasteiger partial charge in [0.1, 0.15) is 11.5 Å². The Morgan fingerprint density at radius 3 is 1.86 bits per heavy atom. The Bertz CT molecular complexity index is 1230. The highest BCUT2D eigenvalue weighted by atomic mass is 16.5. The fourth-order valence-electron chi connectivity index (χ4n) is 4.66. The van der Waals surface area contributed by atoms with Gasteiger partial charge in [0.05, 0.1) is 6.04 Å². The van der Waals surface area contributed by atoms with Crippen molar-refractivity contribution < 1.29 is 9.53 Å². The monoisotopic (exact) mass is 463 g/mol. The van der Waals surface area contributed by atoms with Gasteiger partial charge < -0.3 is 15.4 Å². The van der Waals surface area contributed by atoms with Crippen LogP contribution in [-0.2, 0) is 0 Å². The third-order valence-corrected chi connectivity index (χ3v) is 6.37. The number of anilines is 1. The van der Waals surface area contributed by atoms with Gasteiger partial charge in [-0.15, -0.1) is 0 Å². The molecule has 1 fully saturated rings. The number of nitrogens with two attached hydrogens (primary N) is 1.